The summed E-state index contributed by atoms with van der Waals surface area (Å²) in [6, 6.07) is 17.5. The van der Waals surface area contributed by atoms with Gasteiger partial charge in [0.2, 0.25) is 0 Å². The van der Waals surface area contributed by atoms with Crippen LogP contribution in [0, 0.1) is 0 Å². The first kappa shape index (κ1) is 17.8. The van der Waals surface area contributed by atoms with Crippen molar-refractivity contribution in [1.29, 1.82) is 0 Å². The Morgan fingerprint density at radius 1 is 1.00 bits per heavy atom. The number of para-hydroxylation sites is 1. The van der Waals surface area contributed by atoms with Crippen LogP contribution in [0.5, 0.6) is 5.75 Å². The van der Waals surface area contributed by atoms with E-state index in [2.05, 4.69) is 9.47 Å². The summed E-state index contributed by atoms with van der Waals surface area (Å²) in [4.78, 5) is 14.9. The molecule has 4 rings (SSSR count). The third-order valence-electron chi connectivity index (χ3n) is 5.40. The van der Waals surface area contributed by atoms with Crippen molar-refractivity contribution in [1.82, 2.24) is 9.47 Å². The Morgan fingerprint density at radius 2 is 1.74 bits per heavy atom. The summed E-state index contributed by atoms with van der Waals surface area (Å²) in [5, 5.41) is 0.752. The molecule has 0 unspecified atom stereocenters. The Hall–Kier alpha value is -2.59. The van der Waals surface area contributed by atoms with E-state index in [1.807, 2.05) is 55.6 Å². The molecule has 1 aliphatic rings. The van der Waals surface area contributed by atoms with Crippen LogP contribution in [0.25, 0.3) is 22.2 Å². The molecule has 2 heterocycles. The molecule has 4 heteroatoms. The SMILES string of the molecule is Cn1c(-c2ccc(OCCCN3CCCC3)cc2)cc(=O)c2ccccc21. The van der Waals surface area contributed by atoms with Gasteiger partial charge in [0.25, 0.3) is 0 Å². The summed E-state index contributed by atoms with van der Waals surface area (Å²) >= 11 is 0. The van der Waals surface area contributed by atoms with Crippen LogP contribution in [0.3, 0.4) is 0 Å². The fourth-order valence-electron chi connectivity index (χ4n) is 3.89. The number of benzene rings is 2. The second-order valence-corrected chi connectivity index (χ2v) is 7.25. The van der Waals surface area contributed by atoms with Crippen molar-refractivity contribution < 1.29 is 4.74 Å². The summed E-state index contributed by atoms with van der Waals surface area (Å²) in [6.45, 7) is 4.33. The monoisotopic (exact) mass is 362 g/mol. The van der Waals surface area contributed by atoms with Crippen molar-refractivity contribution in [3.8, 4) is 17.0 Å². The van der Waals surface area contributed by atoms with E-state index < -0.39 is 0 Å². The van der Waals surface area contributed by atoms with E-state index in [9.17, 15) is 4.79 Å². The summed E-state index contributed by atoms with van der Waals surface area (Å²) < 4.78 is 7.96. The molecule has 3 aromatic rings. The highest BCUT2D eigenvalue weighted by atomic mass is 16.5. The molecule has 0 saturated carbocycles. The molecule has 2 aromatic carbocycles. The Labute approximate surface area is 160 Å². The van der Waals surface area contributed by atoms with Crippen LogP contribution in [-0.2, 0) is 7.05 Å². The van der Waals surface area contributed by atoms with Crippen LogP contribution in [0.2, 0.25) is 0 Å². The maximum Gasteiger partial charge on any atom is 0.190 e. The number of likely N-dealkylation sites (tertiary alicyclic amines) is 1. The van der Waals surface area contributed by atoms with E-state index >= 15 is 0 Å². The Balaban J connectivity index is 1.45. The lowest BCUT2D eigenvalue weighted by Crippen LogP contribution is -2.21. The van der Waals surface area contributed by atoms with Crippen LogP contribution >= 0.6 is 0 Å². The number of pyridine rings is 1. The molecular formula is C23H26N2O2. The molecule has 1 fully saturated rings. The van der Waals surface area contributed by atoms with Gasteiger partial charge in [-0.05, 0) is 74.3 Å². The third kappa shape index (κ3) is 3.91. The topological polar surface area (TPSA) is 34.5 Å². The van der Waals surface area contributed by atoms with Gasteiger partial charge < -0.3 is 14.2 Å². The van der Waals surface area contributed by atoms with E-state index in [-0.39, 0.29) is 5.43 Å². The van der Waals surface area contributed by atoms with Crippen molar-refractivity contribution in [2.75, 3.05) is 26.2 Å². The molecule has 0 bridgehead atoms. The molecule has 0 amide bonds. The predicted molar refractivity (Wildman–Crippen MR) is 110 cm³/mol. The minimum atomic E-state index is 0.0564. The lowest BCUT2D eigenvalue weighted by molar-refractivity contribution is 0.263. The zero-order chi connectivity index (χ0) is 18.6. The molecule has 1 aromatic heterocycles. The van der Waals surface area contributed by atoms with Gasteiger partial charge in [0.15, 0.2) is 5.43 Å². The number of ether oxygens (including phenoxy) is 1. The number of nitrogens with zero attached hydrogens (tertiary/aromatic N) is 2. The molecule has 1 saturated heterocycles. The van der Waals surface area contributed by atoms with Crippen molar-refractivity contribution in [3.63, 3.8) is 0 Å². The first-order valence-electron chi connectivity index (χ1n) is 9.77. The molecular weight excluding hydrogens is 336 g/mol. The Kier molecular flexibility index (Phi) is 5.26. The van der Waals surface area contributed by atoms with E-state index in [1.54, 1.807) is 6.07 Å². The lowest BCUT2D eigenvalue weighted by Gasteiger charge is -2.15. The van der Waals surface area contributed by atoms with Gasteiger partial charge >= 0.3 is 0 Å². The van der Waals surface area contributed by atoms with Gasteiger partial charge in [-0.25, -0.2) is 0 Å². The van der Waals surface area contributed by atoms with Crippen molar-refractivity contribution in [3.05, 3.63) is 64.8 Å². The largest absolute Gasteiger partial charge is 0.494 e. The van der Waals surface area contributed by atoms with E-state index in [0.717, 1.165) is 47.5 Å². The second-order valence-electron chi connectivity index (χ2n) is 7.25. The Morgan fingerprint density at radius 3 is 2.52 bits per heavy atom. The van der Waals surface area contributed by atoms with Gasteiger partial charge in [-0.15, -0.1) is 0 Å². The van der Waals surface area contributed by atoms with E-state index in [0.29, 0.717) is 0 Å². The normalized spacial score (nSPS) is 14.7. The molecule has 0 N–H and O–H groups in total. The summed E-state index contributed by atoms with van der Waals surface area (Å²) in [6.07, 6.45) is 3.72. The quantitative estimate of drug-likeness (QED) is 0.620. The summed E-state index contributed by atoms with van der Waals surface area (Å²) in [7, 11) is 2.00. The van der Waals surface area contributed by atoms with Gasteiger partial charge in [-0.1, -0.05) is 12.1 Å². The van der Waals surface area contributed by atoms with Crippen LogP contribution in [0.15, 0.2) is 59.4 Å². The highest BCUT2D eigenvalue weighted by Crippen LogP contribution is 2.24. The fourth-order valence-corrected chi connectivity index (χ4v) is 3.89. The molecule has 0 aliphatic carbocycles. The maximum atomic E-state index is 12.4. The molecule has 0 radical (unpaired) electrons. The Bertz CT molecular complexity index is 970. The van der Waals surface area contributed by atoms with Crippen molar-refractivity contribution in [2.24, 2.45) is 7.05 Å². The molecule has 140 valence electrons. The standard InChI is InChI=1S/C23H26N2O2/c1-24-21-8-3-2-7-20(21)23(26)17-22(24)18-9-11-19(12-10-18)27-16-6-15-25-13-4-5-14-25/h2-3,7-12,17H,4-6,13-16H2,1H3. The first-order valence-corrected chi connectivity index (χ1v) is 9.77. The molecule has 27 heavy (non-hydrogen) atoms. The van der Waals surface area contributed by atoms with Gasteiger partial charge in [0.05, 0.1) is 17.8 Å². The number of rotatable bonds is 6. The molecule has 4 nitrogen and oxygen atoms in total. The van der Waals surface area contributed by atoms with Gasteiger partial charge in [0.1, 0.15) is 5.75 Å². The van der Waals surface area contributed by atoms with Crippen LogP contribution in [0.1, 0.15) is 19.3 Å². The fraction of sp³-hybridized carbons (Fsp3) is 0.348. The van der Waals surface area contributed by atoms with Crippen LogP contribution < -0.4 is 10.2 Å². The number of aromatic nitrogens is 1. The van der Waals surface area contributed by atoms with Crippen molar-refractivity contribution >= 4 is 10.9 Å². The van der Waals surface area contributed by atoms with Gasteiger partial charge in [0, 0.05) is 25.0 Å². The van der Waals surface area contributed by atoms with Gasteiger partial charge in [-0.2, -0.15) is 0 Å². The predicted octanol–water partition coefficient (Wildman–Crippen LogP) is 4.07. The third-order valence-corrected chi connectivity index (χ3v) is 5.40. The van der Waals surface area contributed by atoms with Gasteiger partial charge in [-0.3, -0.25) is 4.79 Å². The average Bonchev–Trinajstić information content (AvgIpc) is 3.22. The van der Waals surface area contributed by atoms with Crippen LogP contribution in [-0.4, -0.2) is 35.7 Å². The van der Waals surface area contributed by atoms with Crippen LogP contribution in [0.4, 0.5) is 0 Å². The maximum absolute atomic E-state index is 12.4. The number of fused-ring (bicyclic) bond motifs is 1. The number of hydrogen-bond donors (Lipinski definition) is 0. The van der Waals surface area contributed by atoms with Crippen molar-refractivity contribution in [2.45, 2.75) is 19.3 Å². The summed E-state index contributed by atoms with van der Waals surface area (Å²) in [5.74, 6) is 0.881. The second kappa shape index (κ2) is 7.97. The smallest absolute Gasteiger partial charge is 0.190 e. The molecule has 1 aliphatic heterocycles. The minimum Gasteiger partial charge on any atom is -0.494 e. The molecule has 0 atom stereocenters. The first-order chi connectivity index (χ1) is 13.2. The zero-order valence-electron chi connectivity index (χ0n) is 15.9. The van der Waals surface area contributed by atoms with E-state index in [1.165, 1.54) is 25.9 Å². The zero-order valence-corrected chi connectivity index (χ0v) is 15.9. The van der Waals surface area contributed by atoms with E-state index in [4.69, 9.17) is 4.74 Å². The number of aryl methyl sites for hydroxylation is 1. The average molecular weight is 362 g/mol. The highest BCUT2D eigenvalue weighted by Gasteiger charge is 2.11. The highest BCUT2D eigenvalue weighted by molar-refractivity contribution is 5.82. The molecule has 0 spiro atoms. The minimum absolute atomic E-state index is 0.0564. The number of hydrogen-bond acceptors (Lipinski definition) is 3. The lowest BCUT2D eigenvalue weighted by atomic mass is 10.1. The summed E-state index contributed by atoms with van der Waals surface area (Å²) in [5.41, 5.74) is 2.94.